The largest absolute Gasteiger partial charge is 0.493 e. The summed E-state index contributed by atoms with van der Waals surface area (Å²) in [6.45, 7) is 5.28. The summed E-state index contributed by atoms with van der Waals surface area (Å²) in [5.74, 6) is 1.72. The number of nitrogens with zero attached hydrogens (tertiary/aromatic N) is 2. The summed E-state index contributed by atoms with van der Waals surface area (Å²) in [7, 11) is 7.45. The lowest BCUT2D eigenvalue weighted by molar-refractivity contribution is -0.118. The summed E-state index contributed by atoms with van der Waals surface area (Å²) < 4.78 is 11.2. The van der Waals surface area contributed by atoms with Gasteiger partial charge in [0.2, 0.25) is 0 Å². The number of fused-ring (bicyclic) bond motifs is 4. The van der Waals surface area contributed by atoms with E-state index in [9.17, 15) is 4.79 Å². The third-order valence-corrected chi connectivity index (χ3v) is 7.41. The number of ether oxygens (including phenoxy) is 2. The van der Waals surface area contributed by atoms with Crippen molar-refractivity contribution in [2.45, 2.75) is 39.0 Å². The average Bonchev–Trinajstić information content (AvgIpc) is 2.81. The van der Waals surface area contributed by atoms with Crippen molar-refractivity contribution in [1.82, 2.24) is 4.90 Å². The highest BCUT2D eigenvalue weighted by atomic mass is 16.5. The van der Waals surface area contributed by atoms with Crippen molar-refractivity contribution < 1.29 is 14.3 Å². The molecule has 0 bridgehead atoms. The van der Waals surface area contributed by atoms with Crippen LogP contribution in [0.15, 0.2) is 53.7 Å². The second-order valence-electron chi connectivity index (χ2n) is 10.6. The number of carbonyl (C=O) groups is 1. The van der Waals surface area contributed by atoms with Crippen LogP contribution in [0.25, 0.3) is 5.70 Å². The minimum Gasteiger partial charge on any atom is -0.493 e. The van der Waals surface area contributed by atoms with Crippen molar-refractivity contribution in [3.05, 3.63) is 70.4 Å². The van der Waals surface area contributed by atoms with Gasteiger partial charge in [-0.25, -0.2) is 0 Å². The van der Waals surface area contributed by atoms with Gasteiger partial charge in [0.15, 0.2) is 17.3 Å². The minimum absolute atomic E-state index is 0.0461. The molecular formula is C29H34N2O3. The van der Waals surface area contributed by atoms with E-state index in [1.807, 2.05) is 14.1 Å². The molecule has 0 amide bonds. The first-order valence-electron chi connectivity index (χ1n) is 12.0. The first-order valence-corrected chi connectivity index (χ1v) is 12.0. The van der Waals surface area contributed by atoms with Gasteiger partial charge in [-0.05, 0) is 59.7 Å². The van der Waals surface area contributed by atoms with E-state index in [0.29, 0.717) is 6.42 Å². The van der Waals surface area contributed by atoms with Crippen molar-refractivity contribution in [2.75, 3.05) is 39.8 Å². The Labute approximate surface area is 202 Å². The first kappa shape index (κ1) is 22.6. The summed E-state index contributed by atoms with van der Waals surface area (Å²) in [5, 5.41) is 0. The molecule has 1 atom stereocenters. The Kier molecular flexibility index (Phi) is 5.46. The minimum atomic E-state index is -0.0555. The lowest BCUT2D eigenvalue weighted by atomic mass is 9.69. The number of ketones is 1. The van der Waals surface area contributed by atoms with Gasteiger partial charge in [-0.2, -0.15) is 0 Å². The number of Topliss-reactive ketones (excluding diaryl/α,β-unsaturated/α-hetero) is 1. The van der Waals surface area contributed by atoms with Crippen molar-refractivity contribution in [3.63, 3.8) is 0 Å². The Morgan fingerprint density at radius 2 is 1.68 bits per heavy atom. The Bertz CT molecular complexity index is 1200. The van der Waals surface area contributed by atoms with Gasteiger partial charge in [-0.3, -0.25) is 4.79 Å². The highest BCUT2D eigenvalue weighted by molar-refractivity contribution is 6.01. The van der Waals surface area contributed by atoms with Crippen LogP contribution in [0.5, 0.6) is 11.5 Å². The molecule has 0 spiro atoms. The molecule has 2 aromatic carbocycles. The monoisotopic (exact) mass is 458 g/mol. The van der Waals surface area contributed by atoms with E-state index in [1.165, 1.54) is 22.5 Å². The van der Waals surface area contributed by atoms with Gasteiger partial charge in [0.05, 0.1) is 14.2 Å². The molecule has 0 saturated heterocycles. The van der Waals surface area contributed by atoms with Crippen molar-refractivity contribution in [2.24, 2.45) is 5.41 Å². The number of hydrogen-bond acceptors (Lipinski definition) is 5. The normalized spacial score (nSPS) is 20.8. The standard InChI is InChI=1S/C29H34N2O3/c1-29(2)16-24-28(25(32)17-29)22(18-7-9-20(10-8-18)30(3)4)14-23-21-15-27(34-6)26(33-5)13-19(21)11-12-31(23)24/h7-10,13-15,22H,11-12,16-17H2,1-6H3/t22-/m1/s1. The lowest BCUT2D eigenvalue weighted by Gasteiger charge is -2.46. The molecule has 178 valence electrons. The fourth-order valence-corrected chi connectivity index (χ4v) is 5.70. The molecule has 2 heterocycles. The molecule has 5 heteroatoms. The Balaban J connectivity index is 1.69. The second-order valence-corrected chi connectivity index (χ2v) is 10.6. The molecule has 0 unspecified atom stereocenters. The highest BCUT2D eigenvalue weighted by Crippen LogP contribution is 2.51. The van der Waals surface area contributed by atoms with Crippen LogP contribution in [-0.4, -0.2) is 45.5 Å². The maximum atomic E-state index is 13.5. The van der Waals surface area contributed by atoms with Gasteiger partial charge in [0.1, 0.15) is 0 Å². The van der Waals surface area contributed by atoms with Crippen molar-refractivity contribution in [3.8, 4) is 11.5 Å². The first-order chi connectivity index (χ1) is 16.2. The van der Waals surface area contributed by atoms with Crippen LogP contribution >= 0.6 is 0 Å². The smallest absolute Gasteiger partial charge is 0.162 e. The Hall–Kier alpha value is -3.21. The van der Waals surface area contributed by atoms with E-state index < -0.39 is 0 Å². The van der Waals surface area contributed by atoms with Gasteiger partial charge in [0, 0.05) is 61.2 Å². The Morgan fingerprint density at radius 1 is 1.00 bits per heavy atom. The van der Waals surface area contributed by atoms with E-state index >= 15 is 0 Å². The molecule has 0 radical (unpaired) electrons. The molecule has 0 fully saturated rings. The van der Waals surface area contributed by atoms with Gasteiger partial charge < -0.3 is 19.3 Å². The third-order valence-electron chi connectivity index (χ3n) is 7.41. The molecule has 34 heavy (non-hydrogen) atoms. The molecule has 3 aliphatic rings. The van der Waals surface area contributed by atoms with Crippen LogP contribution in [0.3, 0.4) is 0 Å². The number of allylic oxidation sites excluding steroid dienone is 3. The molecule has 0 N–H and O–H groups in total. The maximum absolute atomic E-state index is 13.5. The molecule has 0 aromatic heterocycles. The predicted molar refractivity (Wildman–Crippen MR) is 136 cm³/mol. The summed E-state index contributed by atoms with van der Waals surface area (Å²) in [5.41, 5.74) is 8.03. The molecule has 2 aliphatic heterocycles. The van der Waals surface area contributed by atoms with Gasteiger partial charge >= 0.3 is 0 Å². The summed E-state index contributed by atoms with van der Waals surface area (Å²) >= 11 is 0. The number of carbonyl (C=O) groups excluding carboxylic acids is 1. The number of anilines is 1. The zero-order valence-electron chi connectivity index (χ0n) is 21.1. The lowest BCUT2D eigenvalue weighted by Crippen LogP contribution is -2.40. The zero-order valence-corrected chi connectivity index (χ0v) is 21.1. The van der Waals surface area contributed by atoms with E-state index in [1.54, 1.807) is 14.2 Å². The van der Waals surface area contributed by atoms with Gasteiger partial charge in [-0.15, -0.1) is 0 Å². The van der Waals surface area contributed by atoms with Crippen LogP contribution in [-0.2, 0) is 11.2 Å². The predicted octanol–water partition coefficient (Wildman–Crippen LogP) is 5.41. The molecule has 5 rings (SSSR count). The summed E-state index contributed by atoms with van der Waals surface area (Å²) in [6, 6.07) is 12.8. The summed E-state index contributed by atoms with van der Waals surface area (Å²) in [4.78, 5) is 18.0. The van der Waals surface area contributed by atoms with Crippen LogP contribution in [0.2, 0.25) is 0 Å². The van der Waals surface area contributed by atoms with E-state index in [2.05, 4.69) is 66.1 Å². The zero-order chi connectivity index (χ0) is 24.2. The SMILES string of the molecule is COc1cc2c(cc1OC)C1=C[C@H](c3ccc(N(C)C)cc3)C3=C(CC(C)(C)CC3=O)N1CC2. The van der Waals surface area contributed by atoms with E-state index in [0.717, 1.165) is 47.7 Å². The van der Waals surface area contributed by atoms with E-state index in [-0.39, 0.29) is 17.1 Å². The third kappa shape index (κ3) is 3.67. The molecular weight excluding hydrogens is 424 g/mol. The molecule has 2 aromatic rings. The van der Waals surface area contributed by atoms with Crippen molar-refractivity contribution >= 4 is 17.2 Å². The number of methoxy groups -OCH3 is 2. The Morgan fingerprint density at radius 3 is 2.32 bits per heavy atom. The molecule has 5 nitrogen and oxygen atoms in total. The van der Waals surface area contributed by atoms with Crippen molar-refractivity contribution in [1.29, 1.82) is 0 Å². The fraction of sp³-hybridized carbons (Fsp3) is 0.414. The van der Waals surface area contributed by atoms with Crippen LogP contribution in [0.1, 0.15) is 49.3 Å². The molecule has 0 saturated carbocycles. The number of benzene rings is 2. The van der Waals surface area contributed by atoms with Gasteiger partial charge in [-0.1, -0.05) is 26.0 Å². The number of hydrogen-bond donors (Lipinski definition) is 0. The fourth-order valence-electron chi connectivity index (χ4n) is 5.70. The number of rotatable bonds is 4. The van der Waals surface area contributed by atoms with E-state index in [4.69, 9.17) is 9.47 Å². The topological polar surface area (TPSA) is 42.0 Å². The van der Waals surface area contributed by atoms with Crippen LogP contribution in [0.4, 0.5) is 5.69 Å². The van der Waals surface area contributed by atoms with Crippen LogP contribution in [0, 0.1) is 5.41 Å². The second kappa shape index (κ2) is 8.23. The quantitative estimate of drug-likeness (QED) is 0.613. The van der Waals surface area contributed by atoms with Gasteiger partial charge in [0.25, 0.3) is 0 Å². The maximum Gasteiger partial charge on any atom is 0.162 e. The average molecular weight is 459 g/mol. The highest BCUT2D eigenvalue weighted by Gasteiger charge is 2.42. The molecule has 1 aliphatic carbocycles. The van der Waals surface area contributed by atoms with Crippen LogP contribution < -0.4 is 14.4 Å². The summed E-state index contributed by atoms with van der Waals surface area (Å²) in [6.07, 6.45) is 4.70.